The lowest BCUT2D eigenvalue weighted by atomic mass is 9.96. The fourth-order valence-electron chi connectivity index (χ4n) is 1.98. The summed E-state index contributed by atoms with van der Waals surface area (Å²) in [5.74, 6) is 0.106. The Morgan fingerprint density at radius 2 is 1.71 bits per heavy atom. The number of rotatable bonds is 8. The lowest BCUT2D eigenvalue weighted by Crippen LogP contribution is -2.26. The Labute approximate surface area is 127 Å². The third-order valence-corrected chi connectivity index (χ3v) is 3.78. The van der Waals surface area contributed by atoms with Crippen LogP contribution in [0, 0.1) is 11.7 Å². The molecule has 0 fully saturated rings. The number of benzene rings is 1. The molecular weight excluding hydrogens is 302 g/mol. The van der Waals surface area contributed by atoms with Crippen molar-refractivity contribution in [2.45, 2.75) is 31.7 Å². The van der Waals surface area contributed by atoms with Crippen LogP contribution in [0.2, 0.25) is 0 Å². The van der Waals surface area contributed by atoms with Crippen LogP contribution in [0.15, 0.2) is 24.3 Å². The predicted octanol–water partition coefficient (Wildman–Crippen LogP) is 4.80. The Balaban J connectivity index is 2.59. The zero-order chi connectivity index (χ0) is 15.9. The van der Waals surface area contributed by atoms with Gasteiger partial charge in [0.15, 0.2) is 0 Å². The topological polar surface area (TPSA) is 12.0 Å². The third-order valence-electron chi connectivity index (χ3n) is 3.02. The number of nitrogens with one attached hydrogen (secondary N) is 1. The average Bonchev–Trinajstić information content (AvgIpc) is 2.36. The van der Waals surface area contributed by atoms with Crippen molar-refractivity contribution >= 4 is 11.8 Å². The van der Waals surface area contributed by atoms with Crippen molar-refractivity contribution in [3.05, 3.63) is 35.6 Å². The van der Waals surface area contributed by atoms with Crippen molar-refractivity contribution in [3.8, 4) is 0 Å². The molecule has 1 nitrogen and oxygen atoms in total. The zero-order valence-corrected chi connectivity index (χ0v) is 13.0. The summed E-state index contributed by atoms with van der Waals surface area (Å²) in [5.41, 5.74) is -3.32. The van der Waals surface area contributed by atoms with Gasteiger partial charge >= 0.3 is 5.51 Å². The van der Waals surface area contributed by atoms with Crippen LogP contribution < -0.4 is 5.32 Å². The van der Waals surface area contributed by atoms with Gasteiger partial charge in [0.05, 0.1) is 0 Å². The summed E-state index contributed by atoms with van der Waals surface area (Å²) < 4.78 is 49.6. The van der Waals surface area contributed by atoms with E-state index >= 15 is 0 Å². The quantitative estimate of drug-likeness (QED) is 0.690. The van der Waals surface area contributed by atoms with E-state index in [1.54, 1.807) is 12.1 Å². The van der Waals surface area contributed by atoms with Gasteiger partial charge in [-0.1, -0.05) is 37.7 Å². The van der Waals surface area contributed by atoms with E-state index in [4.69, 9.17) is 0 Å². The van der Waals surface area contributed by atoms with Crippen LogP contribution in [-0.4, -0.2) is 24.4 Å². The number of alkyl halides is 3. The SMILES string of the molecule is CC(C)CNCC(CCSC(F)(F)F)c1ccc(F)cc1. The van der Waals surface area contributed by atoms with Crippen LogP contribution in [0.3, 0.4) is 0 Å². The molecule has 1 aromatic carbocycles. The molecule has 0 spiro atoms. The summed E-state index contributed by atoms with van der Waals surface area (Å²) in [4.78, 5) is 0. The molecule has 0 aromatic heterocycles. The number of hydrogen-bond donors (Lipinski definition) is 1. The van der Waals surface area contributed by atoms with Gasteiger partial charge in [-0.3, -0.25) is 0 Å². The molecule has 0 aliphatic heterocycles. The molecule has 0 aliphatic carbocycles. The van der Waals surface area contributed by atoms with Crippen molar-refractivity contribution in [2.24, 2.45) is 5.92 Å². The molecular formula is C15H21F4NS. The Kier molecular flexibility index (Phi) is 7.52. The van der Waals surface area contributed by atoms with Crippen molar-refractivity contribution in [1.29, 1.82) is 0 Å². The Morgan fingerprint density at radius 1 is 1.10 bits per heavy atom. The van der Waals surface area contributed by atoms with Crippen LogP contribution in [0.25, 0.3) is 0 Å². The molecule has 0 saturated carbocycles. The molecule has 1 aromatic rings. The summed E-state index contributed by atoms with van der Waals surface area (Å²) in [6.45, 7) is 5.55. The molecule has 0 bridgehead atoms. The number of hydrogen-bond acceptors (Lipinski definition) is 2. The second kappa shape index (κ2) is 8.63. The molecule has 120 valence electrons. The van der Waals surface area contributed by atoms with E-state index in [2.05, 4.69) is 19.2 Å². The molecule has 0 saturated heterocycles. The Bertz CT molecular complexity index is 403. The van der Waals surface area contributed by atoms with Gasteiger partial charge in [-0.25, -0.2) is 4.39 Å². The zero-order valence-electron chi connectivity index (χ0n) is 12.2. The first kappa shape index (κ1) is 18.3. The first-order valence-corrected chi connectivity index (χ1v) is 7.93. The largest absolute Gasteiger partial charge is 0.441 e. The second-order valence-electron chi connectivity index (χ2n) is 5.38. The number of halogens is 4. The molecule has 0 radical (unpaired) electrons. The summed E-state index contributed by atoms with van der Waals surface area (Å²) >= 11 is -0.00238. The molecule has 6 heteroatoms. The molecule has 1 rings (SSSR count). The van der Waals surface area contributed by atoms with E-state index < -0.39 is 5.51 Å². The summed E-state index contributed by atoms with van der Waals surface area (Å²) in [7, 11) is 0. The van der Waals surface area contributed by atoms with Crippen molar-refractivity contribution in [1.82, 2.24) is 5.32 Å². The molecule has 1 N–H and O–H groups in total. The van der Waals surface area contributed by atoms with Gasteiger partial charge in [-0.2, -0.15) is 13.2 Å². The maximum atomic E-state index is 12.9. The summed E-state index contributed by atoms with van der Waals surface area (Å²) in [6.07, 6.45) is 0.404. The van der Waals surface area contributed by atoms with Crippen molar-refractivity contribution in [3.63, 3.8) is 0 Å². The van der Waals surface area contributed by atoms with Crippen molar-refractivity contribution < 1.29 is 17.6 Å². The smallest absolute Gasteiger partial charge is 0.316 e. The van der Waals surface area contributed by atoms with E-state index in [1.165, 1.54) is 12.1 Å². The van der Waals surface area contributed by atoms with Gasteiger partial charge in [0.1, 0.15) is 5.82 Å². The predicted molar refractivity (Wildman–Crippen MR) is 80.0 cm³/mol. The first-order chi connectivity index (χ1) is 9.78. The van der Waals surface area contributed by atoms with Gasteiger partial charge in [0, 0.05) is 12.3 Å². The highest BCUT2D eigenvalue weighted by Crippen LogP contribution is 2.32. The van der Waals surface area contributed by atoms with Crippen LogP contribution in [0.4, 0.5) is 17.6 Å². The fourth-order valence-corrected chi connectivity index (χ4v) is 2.62. The van der Waals surface area contributed by atoms with Crippen molar-refractivity contribution in [2.75, 3.05) is 18.8 Å². The Hall–Kier alpha value is -0.750. The molecule has 1 unspecified atom stereocenters. The lowest BCUT2D eigenvalue weighted by molar-refractivity contribution is -0.0328. The van der Waals surface area contributed by atoms with Gasteiger partial charge in [-0.05, 0) is 42.5 Å². The highest BCUT2D eigenvalue weighted by molar-refractivity contribution is 8.00. The minimum atomic E-state index is -4.20. The first-order valence-electron chi connectivity index (χ1n) is 6.95. The molecule has 1 atom stereocenters. The van der Waals surface area contributed by atoms with E-state index in [0.717, 1.165) is 12.1 Å². The average molecular weight is 323 g/mol. The van der Waals surface area contributed by atoms with Crippen LogP contribution in [0.1, 0.15) is 31.7 Å². The van der Waals surface area contributed by atoms with Gasteiger partial charge in [0.2, 0.25) is 0 Å². The summed E-state index contributed by atoms with van der Waals surface area (Å²) in [5, 5.41) is 3.26. The van der Waals surface area contributed by atoms with Gasteiger partial charge < -0.3 is 5.32 Å². The third kappa shape index (κ3) is 8.31. The molecule has 21 heavy (non-hydrogen) atoms. The van der Waals surface area contributed by atoms with E-state index in [1.807, 2.05) is 0 Å². The second-order valence-corrected chi connectivity index (χ2v) is 6.54. The maximum Gasteiger partial charge on any atom is 0.441 e. The lowest BCUT2D eigenvalue weighted by Gasteiger charge is -2.19. The van der Waals surface area contributed by atoms with E-state index in [9.17, 15) is 17.6 Å². The van der Waals surface area contributed by atoms with Gasteiger partial charge in [0.25, 0.3) is 0 Å². The van der Waals surface area contributed by atoms with Crippen LogP contribution in [0.5, 0.6) is 0 Å². The highest BCUT2D eigenvalue weighted by atomic mass is 32.2. The summed E-state index contributed by atoms with van der Waals surface area (Å²) in [6, 6.07) is 5.99. The van der Waals surface area contributed by atoms with E-state index in [-0.39, 0.29) is 29.2 Å². The standard InChI is InChI=1S/C15H21F4NS/c1-11(2)9-20-10-13(7-8-21-15(17,18)19)12-3-5-14(16)6-4-12/h3-6,11,13,20H,7-10H2,1-2H3. The van der Waals surface area contributed by atoms with E-state index in [0.29, 0.717) is 18.9 Å². The maximum absolute atomic E-state index is 12.9. The molecule has 0 amide bonds. The minimum absolute atomic E-state index is 0.00238. The number of thioether (sulfide) groups is 1. The normalized spacial score (nSPS) is 13.7. The molecule has 0 aliphatic rings. The van der Waals surface area contributed by atoms with Crippen LogP contribution in [-0.2, 0) is 0 Å². The highest BCUT2D eigenvalue weighted by Gasteiger charge is 2.28. The molecule has 0 heterocycles. The Morgan fingerprint density at radius 3 is 2.24 bits per heavy atom. The minimum Gasteiger partial charge on any atom is -0.316 e. The fraction of sp³-hybridized carbons (Fsp3) is 0.600. The monoisotopic (exact) mass is 323 g/mol. The van der Waals surface area contributed by atoms with Gasteiger partial charge in [-0.15, -0.1) is 0 Å². The van der Waals surface area contributed by atoms with Crippen LogP contribution >= 0.6 is 11.8 Å².